The number of amides is 1. The second-order valence-electron chi connectivity index (χ2n) is 8.00. The summed E-state index contributed by atoms with van der Waals surface area (Å²) in [6, 6.07) is 0.291. The van der Waals surface area contributed by atoms with E-state index in [0.29, 0.717) is 18.8 Å². The maximum Gasteiger partial charge on any atom is 0.410 e. The fraction of sp³-hybridized carbons (Fsp3) is 0.938. The summed E-state index contributed by atoms with van der Waals surface area (Å²) in [5, 5.41) is 10.8. The lowest BCUT2D eigenvalue weighted by Crippen LogP contribution is -2.54. The number of ether oxygens (including phenoxy) is 1. The molecule has 116 valence electrons. The van der Waals surface area contributed by atoms with E-state index >= 15 is 0 Å². The average Bonchev–Trinajstić information content (AvgIpc) is 2.48. The molecule has 20 heavy (non-hydrogen) atoms. The van der Waals surface area contributed by atoms with Gasteiger partial charge in [-0.3, -0.25) is 0 Å². The van der Waals surface area contributed by atoms with E-state index in [9.17, 15) is 9.90 Å². The topological polar surface area (TPSA) is 49.8 Å². The molecule has 2 rings (SSSR count). The number of hydrogen-bond acceptors (Lipinski definition) is 3. The Hall–Kier alpha value is -0.770. The van der Waals surface area contributed by atoms with Gasteiger partial charge in [0.15, 0.2) is 0 Å². The van der Waals surface area contributed by atoms with E-state index in [0.717, 1.165) is 19.3 Å². The van der Waals surface area contributed by atoms with E-state index in [1.165, 1.54) is 0 Å². The molecule has 0 saturated carbocycles. The molecule has 0 aromatic rings. The van der Waals surface area contributed by atoms with Crippen molar-refractivity contribution in [2.24, 2.45) is 5.92 Å². The lowest BCUT2D eigenvalue weighted by Gasteiger charge is -2.44. The summed E-state index contributed by atoms with van der Waals surface area (Å²) >= 11 is 0. The summed E-state index contributed by atoms with van der Waals surface area (Å²) in [4.78, 5) is 14.2. The van der Waals surface area contributed by atoms with Gasteiger partial charge in [0, 0.05) is 12.1 Å². The van der Waals surface area contributed by atoms with Crippen molar-refractivity contribution in [2.75, 3.05) is 0 Å². The molecule has 2 aliphatic rings. The second kappa shape index (κ2) is 5.21. The van der Waals surface area contributed by atoms with Crippen molar-refractivity contribution < 1.29 is 14.6 Å². The molecule has 2 fully saturated rings. The summed E-state index contributed by atoms with van der Waals surface area (Å²) in [7, 11) is 0. The Morgan fingerprint density at radius 3 is 2.20 bits per heavy atom. The van der Waals surface area contributed by atoms with Crippen molar-refractivity contribution in [3.8, 4) is 0 Å². The van der Waals surface area contributed by atoms with E-state index < -0.39 is 11.2 Å². The van der Waals surface area contributed by atoms with Gasteiger partial charge in [0.25, 0.3) is 0 Å². The van der Waals surface area contributed by atoms with E-state index in [1.807, 2.05) is 25.7 Å². The van der Waals surface area contributed by atoms with Crippen LogP contribution in [-0.2, 0) is 4.74 Å². The van der Waals surface area contributed by atoms with E-state index in [2.05, 4.69) is 13.8 Å². The van der Waals surface area contributed by atoms with Gasteiger partial charge in [-0.2, -0.15) is 0 Å². The zero-order valence-electron chi connectivity index (χ0n) is 13.5. The Morgan fingerprint density at radius 1 is 1.30 bits per heavy atom. The lowest BCUT2D eigenvalue weighted by molar-refractivity contribution is -0.0680. The van der Waals surface area contributed by atoms with Crippen LogP contribution in [0.3, 0.4) is 0 Å². The third-order valence-corrected chi connectivity index (χ3v) is 4.24. The Morgan fingerprint density at radius 2 is 1.80 bits per heavy atom. The number of piperidine rings is 1. The van der Waals surface area contributed by atoms with Crippen LogP contribution in [0.4, 0.5) is 4.79 Å². The Labute approximate surface area is 122 Å². The van der Waals surface area contributed by atoms with Crippen LogP contribution < -0.4 is 0 Å². The first kappa shape index (κ1) is 15.6. The molecule has 1 amide bonds. The van der Waals surface area contributed by atoms with Crippen molar-refractivity contribution in [2.45, 2.75) is 90.0 Å². The Kier molecular flexibility index (Phi) is 4.07. The first-order chi connectivity index (χ1) is 9.10. The van der Waals surface area contributed by atoms with Gasteiger partial charge in [-0.1, -0.05) is 13.8 Å². The molecule has 0 aliphatic carbocycles. The van der Waals surface area contributed by atoms with Crippen LogP contribution in [0.2, 0.25) is 0 Å². The average molecular weight is 283 g/mol. The second-order valence-corrected chi connectivity index (χ2v) is 8.00. The SMILES string of the molecule is CC(C)CC1(O)CC2CCC(C1)N2C(=O)OC(C)(C)C. The molecule has 2 unspecified atom stereocenters. The zero-order chi connectivity index (χ0) is 15.1. The van der Waals surface area contributed by atoms with Gasteiger partial charge < -0.3 is 14.7 Å². The van der Waals surface area contributed by atoms with Crippen LogP contribution in [0.25, 0.3) is 0 Å². The van der Waals surface area contributed by atoms with Crippen molar-refractivity contribution in [3.63, 3.8) is 0 Å². The third-order valence-electron chi connectivity index (χ3n) is 4.24. The number of aliphatic hydroxyl groups is 1. The molecule has 2 aliphatic heterocycles. The van der Waals surface area contributed by atoms with Gasteiger partial charge in [0.2, 0.25) is 0 Å². The van der Waals surface area contributed by atoms with Gasteiger partial charge in [-0.05, 0) is 58.8 Å². The summed E-state index contributed by atoms with van der Waals surface area (Å²) in [6.45, 7) is 9.96. The highest BCUT2D eigenvalue weighted by molar-refractivity contribution is 5.69. The van der Waals surface area contributed by atoms with Gasteiger partial charge in [-0.15, -0.1) is 0 Å². The maximum atomic E-state index is 12.3. The molecule has 2 heterocycles. The standard InChI is InChI=1S/C16H29NO3/c1-11(2)8-16(19)9-12-6-7-13(10-16)17(12)14(18)20-15(3,4)5/h11-13,19H,6-10H2,1-5H3. The largest absolute Gasteiger partial charge is 0.444 e. The molecule has 0 aromatic carbocycles. The summed E-state index contributed by atoms with van der Waals surface area (Å²) in [6.07, 6.45) is 3.98. The van der Waals surface area contributed by atoms with Gasteiger partial charge in [-0.25, -0.2) is 4.79 Å². The number of nitrogens with zero attached hydrogens (tertiary/aromatic N) is 1. The van der Waals surface area contributed by atoms with Crippen LogP contribution in [0.5, 0.6) is 0 Å². The zero-order valence-corrected chi connectivity index (χ0v) is 13.5. The minimum Gasteiger partial charge on any atom is -0.444 e. The highest BCUT2D eigenvalue weighted by atomic mass is 16.6. The predicted molar refractivity (Wildman–Crippen MR) is 78.5 cm³/mol. The molecule has 4 nitrogen and oxygen atoms in total. The van der Waals surface area contributed by atoms with E-state index in [1.54, 1.807) is 0 Å². The molecule has 0 spiro atoms. The molecular formula is C16H29NO3. The lowest BCUT2D eigenvalue weighted by atomic mass is 9.80. The first-order valence-corrected chi connectivity index (χ1v) is 7.83. The van der Waals surface area contributed by atoms with Crippen molar-refractivity contribution >= 4 is 6.09 Å². The number of fused-ring (bicyclic) bond motifs is 2. The summed E-state index contributed by atoms with van der Waals surface area (Å²) in [5.74, 6) is 0.479. The van der Waals surface area contributed by atoms with Gasteiger partial charge in [0.1, 0.15) is 5.60 Å². The Balaban J connectivity index is 2.05. The van der Waals surface area contributed by atoms with Crippen molar-refractivity contribution in [1.29, 1.82) is 0 Å². The van der Waals surface area contributed by atoms with Crippen LogP contribution in [0.1, 0.15) is 66.7 Å². The smallest absolute Gasteiger partial charge is 0.410 e. The first-order valence-electron chi connectivity index (χ1n) is 7.83. The molecule has 0 radical (unpaired) electrons. The number of carbonyl (C=O) groups excluding carboxylic acids is 1. The highest BCUT2D eigenvalue weighted by Crippen LogP contribution is 2.43. The monoisotopic (exact) mass is 283 g/mol. The van der Waals surface area contributed by atoms with Gasteiger partial charge >= 0.3 is 6.09 Å². The van der Waals surface area contributed by atoms with Crippen LogP contribution in [-0.4, -0.2) is 39.4 Å². The molecular weight excluding hydrogens is 254 g/mol. The van der Waals surface area contributed by atoms with Gasteiger partial charge in [0.05, 0.1) is 5.60 Å². The Bertz CT molecular complexity index is 358. The van der Waals surface area contributed by atoms with Crippen molar-refractivity contribution in [3.05, 3.63) is 0 Å². The van der Waals surface area contributed by atoms with E-state index in [4.69, 9.17) is 4.74 Å². The van der Waals surface area contributed by atoms with Crippen molar-refractivity contribution in [1.82, 2.24) is 4.90 Å². The van der Waals surface area contributed by atoms with Crippen LogP contribution >= 0.6 is 0 Å². The van der Waals surface area contributed by atoms with E-state index in [-0.39, 0.29) is 18.2 Å². The number of hydrogen-bond donors (Lipinski definition) is 1. The molecule has 2 atom stereocenters. The normalized spacial score (nSPS) is 33.6. The molecule has 4 heteroatoms. The molecule has 2 saturated heterocycles. The quantitative estimate of drug-likeness (QED) is 0.845. The minimum absolute atomic E-state index is 0.146. The molecule has 0 aromatic heterocycles. The maximum absolute atomic E-state index is 12.3. The molecule has 1 N–H and O–H groups in total. The fourth-order valence-electron chi connectivity index (χ4n) is 3.86. The highest BCUT2D eigenvalue weighted by Gasteiger charge is 2.50. The third kappa shape index (κ3) is 3.46. The summed E-state index contributed by atoms with van der Waals surface area (Å²) < 4.78 is 5.51. The number of rotatable bonds is 2. The number of carbonyl (C=O) groups is 1. The minimum atomic E-state index is -0.599. The van der Waals surface area contributed by atoms with Crippen LogP contribution in [0.15, 0.2) is 0 Å². The molecule has 2 bridgehead atoms. The predicted octanol–water partition coefficient (Wildman–Crippen LogP) is 3.33. The fourth-order valence-corrected chi connectivity index (χ4v) is 3.86. The summed E-state index contributed by atoms with van der Waals surface area (Å²) in [5.41, 5.74) is -1.05. The van der Waals surface area contributed by atoms with Crippen LogP contribution in [0, 0.1) is 5.92 Å².